The summed E-state index contributed by atoms with van der Waals surface area (Å²) >= 11 is 0. The molecule has 3 rings (SSSR count). The molecule has 1 aliphatic rings. The Morgan fingerprint density at radius 2 is 1.57 bits per heavy atom. The van der Waals surface area contributed by atoms with Crippen LogP contribution in [-0.4, -0.2) is 22.8 Å². The third-order valence-corrected chi connectivity index (χ3v) is 4.14. The molecule has 4 nitrogen and oxygen atoms in total. The number of hydrogen-bond donors (Lipinski definition) is 1. The molecule has 2 N–H and O–H groups in total. The summed E-state index contributed by atoms with van der Waals surface area (Å²) in [6, 6.07) is 15.1. The standard InChI is InChI=1S/C19H20N2O2/c1-13-2-6-16(7-3-13)19(23)21(17-10-11-17)12-14-4-8-15(9-5-14)18(20)22/h2-9,17H,10-12H2,1H3,(H2,20,22). The molecule has 118 valence electrons. The van der Waals surface area contributed by atoms with E-state index >= 15 is 0 Å². The Labute approximate surface area is 135 Å². The number of rotatable bonds is 5. The number of hydrogen-bond acceptors (Lipinski definition) is 2. The van der Waals surface area contributed by atoms with Crippen molar-refractivity contribution in [3.05, 3.63) is 70.8 Å². The Morgan fingerprint density at radius 1 is 1.00 bits per heavy atom. The molecule has 0 aliphatic heterocycles. The monoisotopic (exact) mass is 308 g/mol. The van der Waals surface area contributed by atoms with Gasteiger partial charge in [-0.05, 0) is 49.6 Å². The molecule has 4 heteroatoms. The van der Waals surface area contributed by atoms with E-state index in [2.05, 4.69) is 0 Å². The number of primary amides is 1. The van der Waals surface area contributed by atoms with Crippen molar-refractivity contribution < 1.29 is 9.59 Å². The van der Waals surface area contributed by atoms with Crippen LogP contribution in [-0.2, 0) is 6.54 Å². The van der Waals surface area contributed by atoms with Gasteiger partial charge in [0.1, 0.15) is 0 Å². The van der Waals surface area contributed by atoms with E-state index < -0.39 is 5.91 Å². The van der Waals surface area contributed by atoms with Gasteiger partial charge in [-0.15, -0.1) is 0 Å². The van der Waals surface area contributed by atoms with Crippen LogP contribution in [0, 0.1) is 6.92 Å². The molecule has 0 spiro atoms. The number of benzene rings is 2. The molecule has 0 unspecified atom stereocenters. The van der Waals surface area contributed by atoms with Crippen molar-refractivity contribution in [3.63, 3.8) is 0 Å². The molecule has 0 saturated heterocycles. The highest BCUT2D eigenvalue weighted by molar-refractivity contribution is 5.95. The van der Waals surface area contributed by atoms with Gasteiger partial charge in [0.2, 0.25) is 5.91 Å². The molecule has 2 amide bonds. The lowest BCUT2D eigenvalue weighted by molar-refractivity contribution is 0.0729. The van der Waals surface area contributed by atoms with Crippen LogP contribution in [0.25, 0.3) is 0 Å². The Balaban J connectivity index is 1.77. The maximum absolute atomic E-state index is 12.8. The zero-order valence-corrected chi connectivity index (χ0v) is 13.2. The van der Waals surface area contributed by atoms with E-state index in [1.165, 1.54) is 0 Å². The van der Waals surface area contributed by atoms with Gasteiger partial charge < -0.3 is 10.6 Å². The average Bonchev–Trinajstić information content (AvgIpc) is 3.38. The summed E-state index contributed by atoms with van der Waals surface area (Å²) in [5, 5.41) is 0. The lowest BCUT2D eigenvalue weighted by Crippen LogP contribution is -2.32. The van der Waals surface area contributed by atoms with Crippen molar-refractivity contribution in [1.82, 2.24) is 4.90 Å². The number of carbonyl (C=O) groups is 2. The predicted molar refractivity (Wildman–Crippen MR) is 89.0 cm³/mol. The van der Waals surface area contributed by atoms with Crippen LogP contribution in [0.3, 0.4) is 0 Å². The third-order valence-electron chi connectivity index (χ3n) is 4.14. The first-order chi connectivity index (χ1) is 11.0. The van der Waals surface area contributed by atoms with E-state index in [9.17, 15) is 9.59 Å². The number of aryl methyl sites for hydroxylation is 1. The van der Waals surface area contributed by atoms with Crippen molar-refractivity contribution in [2.75, 3.05) is 0 Å². The fourth-order valence-electron chi connectivity index (χ4n) is 2.59. The minimum atomic E-state index is -0.439. The molecule has 0 aromatic heterocycles. The molecule has 2 aromatic carbocycles. The molecule has 0 radical (unpaired) electrons. The maximum Gasteiger partial charge on any atom is 0.254 e. The quantitative estimate of drug-likeness (QED) is 0.923. The zero-order chi connectivity index (χ0) is 16.4. The first kappa shape index (κ1) is 15.3. The first-order valence-electron chi connectivity index (χ1n) is 7.81. The van der Waals surface area contributed by atoms with Crippen molar-refractivity contribution >= 4 is 11.8 Å². The van der Waals surface area contributed by atoms with Gasteiger partial charge in [0.25, 0.3) is 5.91 Å². The summed E-state index contributed by atoms with van der Waals surface area (Å²) in [7, 11) is 0. The fraction of sp³-hybridized carbons (Fsp3) is 0.263. The minimum absolute atomic E-state index is 0.0616. The van der Waals surface area contributed by atoms with E-state index in [4.69, 9.17) is 5.73 Å². The second kappa shape index (κ2) is 6.24. The largest absolute Gasteiger partial charge is 0.366 e. The molecule has 0 heterocycles. The van der Waals surface area contributed by atoms with Gasteiger partial charge in [-0.25, -0.2) is 0 Å². The van der Waals surface area contributed by atoms with E-state index in [0.29, 0.717) is 18.2 Å². The van der Waals surface area contributed by atoms with Gasteiger partial charge in [0.05, 0.1) is 0 Å². The average molecular weight is 308 g/mol. The lowest BCUT2D eigenvalue weighted by Gasteiger charge is -2.23. The molecular weight excluding hydrogens is 288 g/mol. The fourth-order valence-corrected chi connectivity index (χ4v) is 2.59. The van der Waals surface area contributed by atoms with Crippen LogP contribution >= 0.6 is 0 Å². The molecule has 23 heavy (non-hydrogen) atoms. The van der Waals surface area contributed by atoms with Gasteiger partial charge in [-0.2, -0.15) is 0 Å². The summed E-state index contributed by atoms with van der Waals surface area (Å²) in [5.41, 5.74) is 8.60. The van der Waals surface area contributed by atoms with Gasteiger partial charge in [-0.1, -0.05) is 29.8 Å². The first-order valence-corrected chi connectivity index (χ1v) is 7.81. The highest BCUT2D eigenvalue weighted by atomic mass is 16.2. The van der Waals surface area contributed by atoms with E-state index in [-0.39, 0.29) is 5.91 Å². The zero-order valence-electron chi connectivity index (χ0n) is 13.2. The second-order valence-corrected chi connectivity index (χ2v) is 6.09. The van der Waals surface area contributed by atoms with Crippen molar-refractivity contribution in [1.29, 1.82) is 0 Å². The van der Waals surface area contributed by atoms with Gasteiger partial charge in [-0.3, -0.25) is 9.59 Å². The molecule has 0 bridgehead atoms. The minimum Gasteiger partial charge on any atom is -0.366 e. The van der Waals surface area contributed by atoms with Gasteiger partial charge in [0, 0.05) is 23.7 Å². The number of nitrogens with two attached hydrogens (primary N) is 1. The Bertz CT molecular complexity index is 716. The number of amides is 2. The van der Waals surface area contributed by atoms with Crippen LogP contribution < -0.4 is 5.73 Å². The van der Waals surface area contributed by atoms with Gasteiger partial charge >= 0.3 is 0 Å². The summed E-state index contributed by atoms with van der Waals surface area (Å²) in [5.74, 6) is -0.377. The van der Waals surface area contributed by atoms with Crippen molar-refractivity contribution in [3.8, 4) is 0 Å². The maximum atomic E-state index is 12.8. The molecule has 2 aromatic rings. The van der Waals surface area contributed by atoms with E-state index in [1.807, 2.05) is 48.2 Å². The highest BCUT2D eigenvalue weighted by Gasteiger charge is 2.33. The SMILES string of the molecule is Cc1ccc(C(=O)N(Cc2ccc(C(N)=O)cc2)C2CC2)cc1. The summed E-state index contributed by atoms with van der Waals surface area (Å²) in [4.78, 5) is 25.8. The van der Waals surface area contributed by atoms with E-state index in [0.717, 1.165) is 29.5 Å². The predicted octanol–water partition coefficient (Wildman–Crippen LogP) is 2.90. The summed E-state index contributed by atoms with van der Waals surface area (Å²) in [6.45, 7) is 2.56. The highest BCUT2D eigenvalue weighted by Crippen LogP contribution is 2.30. The van der Waals surface area contributed by atoms with Crippen molar-refractivity contribution in [2.24, 2.45) is 5.73 Å². The normalized spacial score (nSPS) is 13.6. The van der Waals surface area contributed by atoms with Crippen LogP contribution in [0.1, 0.15) is 44.7 Å². The van der Waals surface area contributed by atoms with Crippen LogP contribution in [0.4, 0.5) is 0 Å². The van der Waals surface area contributed by atoms with E-state index in [1.54, 1.807) is 12.1 Å². The topological polar surface area (TPSA) is 63.4 Å². The molecule has 1 saturated carbocycles. The van der Waals surface area contributed by atoms with Crippen LogP contribution in [0.2, 0.25) is 0 Å². The van der Waals surface area contributed by atoms with Crippen LogP contribution in [0.5, 0.6) is 0 Å². The molecule has 0 atom stereocenters. The molecular formula is C19H20N2O2. The van der Waals surface area contributed by atoms with Crippen LogP contribution in [0.15, 0.2) is 48.5 Å². The summed E-state index contributed by atoms with van der Waals surface area (Å²) in [6.07, 6.45) is 2.11. The smallest absolute Gasteiger partial charge is 0.254 e. The third kappa shape index (κ3) is 3.59. The number of nitrogens with zero attached hydrogens (tertiary/aromatic N) is 1. The summed E-state index contributed by atoms with van der Waals surface area (Å²) < 4.78 is 0. The number of carbonyl (C=O) groups excluding carboxylic acids is 2. The van der Waals surface area contributed by atoms with Gasteiger partial charge in [0.15, 0.2) is 0 Å². The lowest BCUT2D eigenvalue weighted by atomic mass is 10.1. The molecule has 1 fully saturated rings. The Morgan fingerprint density at radius 3 is 2.09 bits per heavy atom. The van der Waals surface area contributed by atoms with Crippen molar-refractivity contribution in [2.45, 2.75) is 32.4 Å². The Hall–Kier alpha value is -2.62. The Kier molecular flexibility index (Phi) is 4.15. The molecule has 1 aliphatic carbocycles. The second-order valence-electron chi connectivity index (χ2n) is 6.09.